The van der Waals surface area contributed by atoms with E-state index in [1.165, 1.54) is 0 Å². The molecule has 8 heteroatoms. The van der Waals surface area contributed by atoms with E-state index in [0.717, 1.165) is 41.9 Å². The molecule has 146 valence electrons. The van der Waals surface area contributed by atoms with Gasteiger partial charge in [-0.05, 0) is 32.9 Å². The van der Waals surface area contributed by atoms with Crippen LogP contribution in [0.25, 0.3) is 5.82 Å². The van der Waals surface area contributed by atoms with Gasteiger partial charge in [-0.3, -0.25) is 9.36 Å². The van der Waals surface area contributed by atoms with Gasteiger partial charge in [0.05, 0.1) is 5.69 Å². The highest BCUT2D eigenvalue weighted by Gasteiger charge is 2.23. The number of hydrogen-bond acceptors (Lipinski definition) is 5. The molecular formula is C20H25N7O. The minimum absolute atomic E-state index is 0.153. The van der Waals surface area contributed by atoms with Gasteiger partial charge < -0.3 is 14.4 Å². The molecule has 1 aliphatic heterocycles. The van der Waals surface area contributed by atoms with Crippen LogP contribution in [0.5, 0.6) is 0 Å². The maximum Gasteiger partial charge on any atom is 0.242 e. The first-order chi connectivity index (χ1) is 13.5. The Bertz CT molecular complexity index is 969. The molecule has 1 aliphatic rings. The highest BCUT2D eigenvalue weighted by atomic mass is 16.2. The lowest BCUT2D eigenvalue weighted by Gasteiger charge is -2.35. The minimum Gasteiger partial charge on any atom is -0.353 e. The van der Waals surface area contributed by atoms with Crippen molar-refractivity contribution in [3.63, 3.8) is 0 Å². The fourth-order valence-electron chi connectivity index (χ4n) is 3.47. The molecule has 0 aliphatic carbocycles. The number of aromatic nitrogens is 5. The minimum atomic E-state index is 0.153. The summed E-state index contributed by atoms with van der Waals surface area (Å²) in [6.45, 7) is 9.24. The molecule has 1 saturated heterocycles. The topological polar surface area (TPSA) is 72.1 Å². The van der Waals surface area contributed by atoms with Gasteiger partial charge in [-0.25, -0.2) is 15.0 Å². The standard InChI is InChI=1S/C20H25N7O/c1-15-16(2)27(14-21-15)19-12-18(22-17(3)23-19)25-8-10-26(11-9-25)20(28)13-24-6-4-5-7-24/h4-7,12,14H,8-11,13H2,1-3H3. The summed E-state index contributed by atoms with van der Waals surface area (Å²) in [6, 6.07) is 5.87. The van der Waals surface area contributed by atoms with Gasteiger partial charge in [-0.1, -0.05) is 0 Å². The molecule has 0 spiro atoms. The second-order valence-electron chi connectivity index (χ2n) is 7.14. The summed E-state index contributed by atoms with van der Waals surface area (Å²) in [7, 11) is 0. The zero-order chi connectivity index (χ0) is 19.7. The summed E-state index contributed by atoms with van der Waals surface area (Å²) >= 11 is 0. The van der Waals surface area contributed by atoms with Gasteiger partial charge in [0, 0.05) is 50.3 Å². The Balaban J connectivity index is 1.46. The van der Waals surface area contributed by atoms with Crippen molar-refractivity contribution in [3.8, 4) is 5.82 Å². The molecule has 4 heterocycles. The maximum atomic E-state index is 12.5. The average Bonchev–Trinajstić information content (AvgIpc) is 3.32. The molecule has 0 radical (unpaired) electrons. The van der Waals surface area contributed by atoms with Crippen molar-refractivity contribution in [2.75, 3.05) is 31.1 Å². The number of carbonyl (C=O) groups is 1. The zero-order valence-corrected chi connectivity index (χ0v) is 16.5. The third kappa shape index (κ3) is 3.62. The van der Waals surface area contributed by atoms with Crippen molar-refractivity contribution < 1.29 is 4.79 Å². The number of amides is 1. The molecular weight excluding hydrogens is 354 g/mol. The molecule has 28 heavy (non-hydrogen) atoms. The van der Waals surface area contributed by atoms with Crippen LogP contribution in [0.1, 0.15) is 17.2 Å². The normalized spacial score (nSPS) is 14.5. The second-order valence-corrected chi connectivity index (χ2v) is 7.14. The van der Waals surface area contributed by atoms with E-state index in [-0.39, 0.29) is 5.91 Å². The molecule has 0 N–H and O–H groups in total. The second kappa shape index (κ2) is 7.46. The lowest BCUT2D eigenvalue weighted by molar-refractivity contribution is -0.132. The molecule has 0 aromatic carbocycles. The number of rotatable bonds is 4. The molecule has 0 unspecified atom stereocenters. The molecule has 3 aromatic rings. The van der Waals surface area contributed by atoms with Crippen LogP contribution in [0, 0.1) is 20.8 Å². The number of piperazine rings is 1. The molecule has 4 rings (SSSR count). The Hall–Kier alpha value is -3.16. The van der Waals surface area contributed by atoms with Crippen LogP contribution in [-0.2, 0) is 11.3 Å². The highest BCUT2D eigenvalue weighted by Crippen LogP contribution is 2.19. The third-order valence-corrected chi connectivity index (χ3v) is 5.25. The third-order valence-electron chi connectivity index (χ3n) is 5.25. The van der Waals surface area contributed by atoms with Gasteiger partial charge >= 0.3 is 0 Å². The quantitative estimate of drug-likeness (QED) is 0.690. The summed E-state index contributed by atoms with van der Waals surface area (Å²) in [6.07, 6.45) is 5.63. The number of hydrogen-bond donors (Lipinski definition) is 0. The van der Waals surface area contributed by atoms with Crippen LogP contribution in [0.2, 0.25) is 0 Å². The summed E-state index contributed by atoms with van der Waals surface area (Å²) in [5, 5.41) is 0. The molecule has 1 amide bonds. The van der Waals surface area contributed by atoms with E-state index in [9.17, 15) is 4.79 Å². The monoisotopic (exact) mass is 379 g/mol. The smallest absolute Gasteiger partial charge is 0.242 e. The Kier molecular flexibility index (Phi) is 4.85. The largest absolute Gasteiger partial charge is 0.353 e. The lowest BCUT2D eigenvalue weighted by Crippen LogP contribution is -2.49. The van der Waals surface area contributed by atoms with E-state index in [1.807, 2.05) is 65.4 Å². The zero-order valence-electron chi connectivity index (χ0n) is 16.5. The van der Waals surface area contributed by atoms with Gasteiger partial charge in [-0.15, -0.1) is 0 Å². The Morgan fingerprint density at radius 2 is 1.68 bits per heavy atom. The number of nitrogens with zero attached hydrogens (tertiary/aromatic N) is 7. The van der Waals surface area contributed by atoms with E-state index < -0.39 is 0 Å². The van der Waals surface area contributed by atoms with E-state index in [0.29, 0.717) is 19.6 Å². The van der Waals surface area contributed by atoms with Crippen molar-refractivity contribution in [1.82, 2.24) is 29.0 Å². The number of carbonyl (C=O) groups excluding carboxylic acids is 1. The van der Waals surface area contributed by atoms with Crippen LogP contribution in [0.3, 0.4) is 0 Å². The van der Waals surface area contributed by atoms with Gasteiger partial charge in [0.1, 0.15) is 30.3 Å². The van der Waals surface area contributed by atoms with Gasteiger partial charge in [0.2, 0.25) is 5.91 Å². The predicted octanol–water partition coefficient (Wildman–Crippen LogP) is 1.74. The van der Waals surface area contributed by atoms with E-state index in [1.54, 1.807) is 6.33 Å². The van der Waals surface area contributed by atoms with E-state index in [4.69, 9.17) is 0 Å². The lowest BCUT2D eigenvalue weighted by atomic mass is 10.3. The summed E-state index contributed by atoms with van der Waals surface area (Å²) < 4.78 is 3.90. The Labute approximate surface area is 164 Å². The van der Waals surface area contributed by atoms with Crippen molar-refractivity contribution >= 4 is 11.7 Å². The predicted molar refractivity (Wildman–Crippen MR) is 107 cm³/mol. The van der Waals surface area contributed by atoms with Crippen LogP contribution >= 0.6 is 0 Å². The SMILES string of the molecule is Cc1nc(N2CCN(C(=O)Cn3cccc3)CC2)cc(-n2cnc(C)c2C)n1. The van der Waals surface area contributed by atoms with Crippen LogP contribution in [0.15, 0.2) is 36.9 Å². The summed E-state index contributed by atoms with van der Waals surface area (Å²) in [4.78, 5) is 30.2. The van der Waals surface area contributed by atoms with Crippen molar-refractivity contribution in [2.24, 2.45) is 0 Å². The highest BCUT2D eigenvalue weighted by molar-refractivity contribution is 5.76. The van der Waals surface area contributed by atoms with Crippen LogP contribution in [0.4, 0.5) is 5.82 Å². The summed E-state index contributed by atoms with van der Waals surface area (Å²) in [5.41, 5.74) is 2.07. The van der Waals surface area contributed by atoms with Crippen LogP contribution < -0.4 is 4.90 Å². The Morgan fingerprint density at radius 1 is 1.00 bits per heavy atom. The van der Waals surface area contributed by atoms with Gasteiger partial charge in [-0.2, -0.15) is 0 Å². The van der Waals surface area contributed by atoms with Crippen LogP contribution in [-0.4, -0.2) is 61.1 Å². The molecule has 0 bridgehead atoms. The van der Waals surface area contributed by atoms with Gasteiger partial charge in [0.15, 0.2) is 0 Å². The average molecular weight is 379 g/mol. The van der Waals surface area contributed by atoms with E-state index in [2.05, 4.69) is 19.9 Å². The van der Waals surface area contributed by atoms with E-state index >= 15 is 0 Å². The molecule has 0 atom stereocenters. The molecule has 1 fully saturated rings. The summed E-state index contributed by atoms with van der Waals surface area (Å²) in [5.74, 6) is 2.60. The van der Waals surface area contributed by atoms with Crippen molar-refractivity contribution in [1.29, 1.82) is 0 Å². The first-order valence-corrected chi connectivity index (χ1v) is 9.51. The van der Waals surface area contributed by atoms with Gasteiger partial charge in [0.25, 0.3) is 0 Å². The van der Waals surface area contributed by atoms with Crippen molar-refractivity contribution in [2.45, 2.75) is 27.3 Å². The maximum absolute atomic E-state index is 12.5. The van der Waals surface area contributed by atoms with Crippen molar-refractivity contribution in [3.05, 3.63) is 54.1 Å². The first kappa shape index (κ1) is 18.2. The fraction of sp³-hybridized carbons (Fsp3) is 0.400. The fourth-order valence-corrected chi connectivity index (χ4v) is 3.47. The first-order valence-electron chi connectivity index (χ1n) is 9.51. The Morgan fingerprint density at radius 3 is 2.32 bits per heavy atom. The number of anilines is 1. The molecule has 3 aromatic heterocycles. The number of aryl methyl sites for hydroxylation is 2. The number of imidazole rings is 1. The molecule has 0 saturated carbocycles. The molecule has 8 nitrogen and oxygen atoms in total.